The number of hydrogen-bond donors (Lipinski definition) is 2. The molecule has 1 amide bonds. The van der Waals surface area contributed by atoms with Crippen molar-refractivity contribution < 1.29 is 37.3 Å². The summed E-state index contributed by atoms with van der Waals surface area (Å²) in [5.74, 6) is -0.526. The first kappa shape index (κ1) is 68.5. The third-order valence-electron chi connectivity index (χ3n) is 12.7. The smallest absolute Gasteiger partial charge is 0.456 e. The number of unbranched alkanes of at least 4 members (excludes halogenated alkanes) is 26. The number of quaternary nitrogens is 1. The molecule has 0 aliphatic heterocycles. The molecule has 0 fully saturated rings. The van der Waals surface area contributed by atoms with Crippen LogP contribution in [-0.2, 0) is 27.9 Å². The van der Waals surface area contributed by atoms with Gasteiger partial charge in [0.05, 0.1) is 33.8 Å². The van der Waals surface area contributed by atoms with Gasteiger partial charge in [0.15, 0.2) is 0 Å². The molecule has 0 aromatic rings. The van der Waals surface area contributed by atoms with Crippen LogP contribution in [0.25, 0.3) is 0 Å². The standard InChI is InChI=1S/C61H111N2O7P/c1-7-10-13-16-19-22-25-27-28-29-30-31-32-33-34-36-39-41-44-47-50-53-60(64)62-58(57-69-71(66,67)68-56-55-63(4,5)6)59(52-49-46-43-40-38-35-26-23-20-17-14-11-8-2)70-61(65)54-51-48-45-42-37-24-21-18-15-12-9-3/h10,13,19,22,27-28,30-31,33-34,49,52,58-59H,7-9,11-12,14-18,20-21,23-26,29,32,35-48,50-51,53-57H2,1-6H3,(H-,62,64,66,67)/p+1/b13-10-,22-19-,28-27-,31-30-,34-33-,52-49+. The molecule has 10 heteroatoms. The van der Waals surface area contributed by atoms with E-state index in [1.807, 2.05) is 33.3 Å². The van der Waals surface area contributed by atoms with Crippen LogP contribution in [0.2, 0.25) is 0 Å². The summed E-state index contributed by atoms with van der Waals surface area (Å²) in [6.07, 6.45) is 64.6. The van der Waals surface area contributed by atoms with Crippen LogP contribution in [0, 0.1) is 0 Å². The molecule has 0 bridgehead atoms. The van der Waals surface area contributed by atoms with Crippen molar-refractivity contribution in [2.24, 2.45) is 0 Å². The number of ether oxygens (including phenoxy) is 1. The fraction of sp³-hybridized carbons (Fsp3) is 0.770. The number of carbonyl (C=O) groups is 2. The van der Waals surface area contributed by atoms with E-state index in [0.717, 1.165) is 109 Å². The van der Waals surface area contributed by atoms with Crippen LogP contribution < -0.4 is 5.32 Å². The number of esters is 1. The molecule has 0 rings (SSSR count). The second kappa shape index (κ2) is 51.0. The Labute approximate surface area is 438 Å². The summed E-state index contributed by atoms with van der Waals surface area (Å²) in [6.45, 7) is 6.87. The maximum Gasteiger partial charge on any atom is 0.472 e. The number of nitrogens with zero attached hydrogens (tertiary/aromatic N) is 1. The molecule has 0 aromatic heterocycles. The van der Waals surface area contributed by atoms with Gasteiger partial charge in [-0.1, -0.05) is 235 Å². The van der Waals surface area contributed by atoms with Crippen molar-refractivity contribution in [3.63, 3.8) is 0 Å². The zero-order valence-electron chi connectivity index (χ0n) is 47.0. The minimum atomic E-state index is -4.45. The lowest BCUT2D eigenvalue weighted by atomic mass is 10.0. The van der Waals surface area contributed by atoms with Crippen molar-refractivity contribution in [2.45, 2.75) is 264 Å². The highest BCUT2D eigenvalue weighted by Crippen LogP contribution is 2.43. The van der Waals surface area contributed by atoms with Crippen LogP contribution in [-0.4, -0.2) is 74.3 Å². The molecular formula is C61H112N2O7P+. The van der Waals surface area contributed by atoms with Crippen LogP contribution in [0.4, 0.5) is 0 Å². The van der Waals surface area contributed by atoms with Crippen LogP contribution in [0.3, 0.4) is 0 Å². The molecule has 9 nitrogen and oxygen atoms in total. The van der Waals surface area contributed by atoms with Crippen LogP contribution in [0.1, 0.15) is 252 Å². The molecule has 0 saturated heterocycles. The highest BCUT2D eigenvalue weighted by Gasteiger charge is 2.30. The Hall–Kier alpha value is -2.55. The molecule has 412 valence electrons. The lowest BCUT2D eigenvalue weighted by molar-refractivity contribution is -0.870. The van der Waals surface area contributed by atoms with Gasteiger partial charge in [-0.2, -0.15) is 0 Å². The number of rotatable bonds is 52. The number of nitrogens with one attached hydrogen (secondary N) is 1. The van der Waals surface area contributed by atoms with Gasteiger partial charge in [0.2, 0.25) is 5.91 Å². The van der Waals surface area contributed by atoms with E-state index in [-0.39, 0.29) is 31.5 Å². The molecular weight excluding hydrogens is 904 g/mol. The molecule has 0 saturated carbocycles. The number of phosphoric acid groups is 1. The molecule has 0 radical (unpaired) electrons. The minimum Gasteiger partial charge on any atom is -0.456 e. The van der Waals surface area contributed by atoms with Gasteiger partial charge in [0.25, 0.3) is 0 Å². The Bertz CT molecular complexity index is 1450. The van der Waals surface area contributed by atoms with Gasteiger partial charge in [-0.3, -0.25) is 18.6 Å². The Kier molecular flexibility index (Phi) is 49.1. The largest absolute Gasteiger partial charge is 0.472 e. The Morgan fingerprint density at radius 3 is 1.35 bits per heavy atom. The van der Waals surface area contributed by atoms with E-state index in [0.29, 0.717) is 17.4 Å². The topological polar surface area (TPSA) is 111 Å². The van der Waals surface area contributed by atoms with E-state index in [1.54, 1.807) is 0 Å². The molecule has 3 unspecified atom stereocenters. The predicted octanol–water partition coefficient (Wildman–Crippen LogP) is 17.7. The second-order valence-electron chi connectivity index (χ2n) is 20.8. The van der Waals surface area contributed by atoms with Crippen molar-refractivity contribution in [1.29, 1.82) is 0 Å². The zero-order valence-corrected chi connectivity index (χ0v) is 47.8. The molecule has 2 N–H and O–H groups in total. The fourth-order valence-corrected chi connectivity index (χ4v) is 8.88. The average Bonchev–Trinajstić information content (AvgIpc) is 3.33. The lowest BCUT2D eigenvalue weighted by Crippen LogP contribution is -2.47. The van der Waals surface area contributed by atoms with E-state index < -0.39 is 20.0 Å². The van der Waals surface area contributed by atoms with E-state index in [1.165, 1.54) is 109 Å². The monoisotopic (exact) mass is 1020 g/mol. The summed E-state index contributed by atoms with van der Waals surface area (Å²) in [5, 5.41) is 3.04. The van der Waals surface area contributed by atoms with E-state index in [4.69, 9.17) is 13.8 Å². The highest BCUT2D eigenvalue weighted by molar-refractivity contribution is 7.47. The van der Waals surface area contributed by atoms with Gasteiger partial charge in [0, 0.05) is 12.8 Å². The van der Waals surface area contributed by atoms with E-state index in [9.17, 15) is 19.0 Å². The van der Waals surface area contributed by atoms with Crippen molar-refractivity contribution in [3.05, 3.63) is 72.9 Å². The van der Waals surface area contributed by atoms with Crippen molar-refractivity contribution in [1.82, 2.24) is 5.32 Å². The molecule has 0 heterocycles. The number of amides is 1. The number of likely N-dealkylation sites (N-methyl/N-ethyl adjacent to an activating group) is 1. The van der Waals surface area contributed by atoms with Gasteiger partial charge in [-0.05, 0) is 76.7 Å². The SMILES string of the molecule is CC/C=C\C/C=C\C/C=C\C/C=C\C/C=C\CCCCCCCC(=O)NC(COP(=O)(O)OCC[N+](C)(C)C)C(/C=C/CCCCCCCCCCCCC)OC(=O)CCCCCCCCCCCCC. The minimum absolute atomic E-state index is 0.0346. The maximum absolute atomic E-state index is 13.5. The molecule has 0 aromatic carbocycles. The normalized spacial score (nSPS) is 14.3. The van der Waals surface area contributed by atoms with E-state index in [2.05, 4.69) is 86.8 Å². The third kappa shape index (κ3) is 52.1. The first-order chi connectivity index (χ1) is 34.4. The van der Waals surface area contributed by atoms with Gasteiger partial charge in [-0.15, -0.1) is 0 Å². The number of allylic oxidation sites excluding steroid dienone is 11. The molecule has 0 aliphatic rings. The van der Waals surface area contributed by atoms with Crippen molar-refractivity contribution in [3.8, 4) is 0 Å². The van der Waals surface area contributed by atoms with E-state index >= 15 is 0 Å². The number of hydrogen-bond acceptors (Lipinski definition) is 6. The fourth-order valence-electron chi connectivity index (χ4n) is 8.14. The second-order valence-corrected chi connectivity index (χ2v) is 22.2. The van der Waals surface area contributed by atoms with Gasteiger partial charge in [0.1, 0.15) is 19.3 Å². The molecule has 71 heavy (non-hydrogen) atoms. The Balaban J connectivity index is 5.32. The predicted molar refractivity (Wildman–Crippen MR) is 305 cm³/mol. The quantitative estimate of drug-likeness (QED) is 0.0205. The summed E-state index contributed by atoms with van der Waals surface area (Å²) >= 11 is 0. The maximum atomic E-state index is 13.5. The van der Waals surface area contributed by atoms with Crippen LogP contribution in [0.15, 0.2) is 72.9 Å². The lowest BCUT2D eigenvalue weighted by Gasteiger charge is -2.27. The zero-order chi connectivity index (χ0) is 52.2. The number of carbonyl (C=O) groups excluding carboxylic acids is 2. The third-order valence-corrected chi connectivity index (χ3v) is 13.6. The highest BCUT2D eigenvalue weighted by atomic mass is 31.2. The van der Waals surface area contributed by atoms with Crippen molar-refractivity contribution in [2.75, 3.05) is 40.9 Å². The Morgan fingerprint density at radius 1 is 0.507 bits per heavy atom. The Morgan fingerprint density at radius 2 is 0.901 bits per heavy atom. The molecule has 0 spiro atoms. The van der Waals surface area contributed by atoms with Gasteiger partial charge >= 0.3 is 13.8 Å². The molecule has 3 atom stereocenters. The van der Waals surface area contributed by atoms with Crippen LogP contribution >= 0.6 is 7.82 Å². The van der Waals surface area contributed by atoms with Crippen molar-refractivity contribution >= 4 is 19.7 Å². The summed E-state index contributed by atoms with van der Waals surface area (Å²) in [6, 6.07) is -0.858. The summed E-state index contributed by atoms with van der Waals surface area (Å²) < 4.78 is 30.6. The number of phosphoric ester groups is 1. The van der Waals surface area contributed by atoms with Gasteiger partial charge in [-0.25, -0.2) is 4.57 Å². The average molecular weight is 1020 g/mol. The van der Waals surface area contributed by atoms with Gasteiger partial charge < -0.3 is 19.4 Å². The van der Waals surface area contributed by atoms with Crippen LogP contribution in [0.5, 0.6) is 0 Å². The summed E-state index contributed by atoms with van der Waals surface area (Å²) in [4.78, 5) is 37.6. The summed E-state index contributed by atoms with van der Waals surface area (Å²) in [7, 11) is 1.48. The summed E-state index contributed by atoms with van der Waals surface area (Å²) in [5.41, 5.74) is 0. The first-order valence-electron chi connectivity index (χ1n) is 29.3. The first-order valence-corrected chi connectivity index (χ1v) is 30.8. The molecule has 0 aliphatic carbocycles.